The first-order chi connectivity index (χ1) is 33.9. The lowest BCUT2D eigenvalue weighted by Gasteiger charge is -2.42. The second-order valence-corrected chi connectivity index (χ2v) is 23.6. The number of nitrogens with zero attached hydrogens (tertiary/aromatic N) is 1. The zero-order chi connectivity index (χ0) is 53.7. The van der Waals surface area contributed by atoms with E-state index in [9.17, 15) is 38.8 Å². The van der Waals surface area contributed by atoms with Crippen LogP contribution in [-0.4, -0.2) is 140 Å². The number of ether oxygens (including phenoxy) is 5. The van der Waals surface area contributed by atoms with Crippen molar-refractivity contribution in [3.8, 4) is 0 Å². The number of Topliss-reactive ketones (excluding diaryl/α,β-unsaturated/α-hetero) is 3. The van der Waals surface area contributed by atoms with Crippen molar-refractivity contribution in [2.75, 3.05) is 34.5 Å². The van der Waals surface area contributed by atoms with Crippen LogP contribution in [0.5, 0.6) is 0 Å². The minimum atomic E-state index is -3.37. The van der Waals surface area contributed by atoms with Gasteiger partial charge in [0.25, 0.3) is 11.7 Å². The highest BCUT2D eigenvalue weighted by atomic mass is 31.2. The van der Waals surface area contributed by atoms with Crippen molar-refractivity contribution < 1.29 is 71.5 Å². The number of aliphatic hydroxyl groups excluding tert-OH is 1. The molecule has 0 aromatic heterocycles. The molecule has 3 fully saturated rings. The molecule has 0 spiro atoms. The van der Waals surface area contributed by atoms with Crippen molar-refractivity contribution in [3.63, 3.8) is 0 Å². The van der Waals surface area contributed by atoms with Crippen LogP contribution in [0.2, 0.25) is 0 Å². The number of hydrogen-bond acceptors (Lipinski definition) is 15. The van der Waals surface area contributed by atoms with E-state index in [4.69, 9.17) is 32.7 Å². The molecule has 0 aromatic carbocycles. The predicted molar refractivity (Wildman–Crippen MR) is 274 cm³/mol. The zero-order valence-electron chi connectivity index (χ0n) is 45.4. The quantitative estimate of drug-likeness (QED) is 0.119. The number of fused-ring (bicyclic) bond motifs is 3. The van der Waals surface area contributed by atoms with Gasteiger partial charge in [-0.15, -0.1) is 0 Å². The highest BCUT2D eigenvalue weighted by Crippen LogP contribution is 2.49. The van der Waals surface area contributed by atoms with E-state index in [0.29, 0.717) is 69.8 Å². The van der Waals surface area contributed by atoms with Crippen molar-refractivity contribution in [1.82, 2.24) is 4.90 Å². The molecule has 2 saturated heterocycles. The molecular formula is C55H88NO15P. The molecule has 0 radical (unpaired) electrons. The van der Waals surface area contributed by atoms with Crippen LogP contribution in [0.15, 0.2) is 47.6 Å². The van der Waals surface area contributed by atoms with Crippen LogP contribution in [0.3, 0.4) is 0 Å². The van der Waals surface area contributed by atoms with Crippen LogP contribution >= 0.6 is 7.60 Å². The Labute approximate surface area is 429 Å². The topological polar surface area (TPSA) is 211 Å². The molecule has 1 amide bonds. The van der Waals surface area contributed by atoms with Gasteiger partial charge in [0.2, 0.25) is 5.79 Å². The number of rotatable bonds is 10. The van der Waals surface area contributed by atoms with Crippen LogP contribution < -0.4 is 0 Å². The first-order valence-electron chi connectivity index (χ1n) is 26.3. The summed E-state index contributed by atoms with van der Waals surface area (Å²) in [5, 5.41) is 23.5. The van der Waals surface area contributed by atoms with Crippen LogP contribution in [0.1, 0.15) is 139 Å². The summed E-state index contributed by atoms with van der Waals surface area (Å²) in [6.45, 7) is 17.7. The van der Waals surface area contributed by atoms with E-state index in [1.807, 2.05) is 58.1 Å². The predicted octanol–water partition coefficient (Wildman–Crippen LogP) is 8.45. The molecule has 1 aliphatic carbocycles. The van der Waals surface area contributed by atoms with Crippen LogP contribution in [-0.2, 0) is 61.3 Å². The standard InChI is InChI=1S/C55H88NO15P/c1-33(2)70-72(13,64)71-45-25-23-41(30-48(45)66-11)29-37(6)47-32-44(57)36(5)28-39(8)50(59)51(67-12)49(58)38(7)27-34(3)19-15-14-16-20-35(4)46(65-10)31-42-24-22-40(9)55(63,69-42)52(60)53(61)56-26-18-17-21-43(56)54(62)68-47/h14-16,19-20,28,33-34,37-43,45-48,50-51,59,63H,17-18,21-27,29-32H2,1-13H3/t34-,37-,38-,39?,40-,41?,42+,43?,45-,46+,47?,48-,50-,51+,55-,72?/m1/s1. The number of allylic oxidation sites excluding steroid dienone is 6. The summed E-state index contributed by atoms with van der Waals surface area (Å²) in [5.41, 5.74) is 1.16. The summed E-state index contributed by atoms with van der Waals surface area (Å²) in [7, 11) is 1.16. The van der Waals surface area contributed by atoms with Gasteiger partial charge in [-0.2, -0.15) is 0 Å². The molecule has 17 heteroatoms. The van der Waals surface area contributed by atoms with Gasteiger partial charge in [0.1, 0.15) is 18.2 Å². The molecule has 1 saturated carbocycles. The molecule has 0 aromatic rings. The Balaban J connectivity index is 1.70. The number of amides is 1. The molecular weight excluding hydrogens is 946 g/mol. The summed E-state index contributed by atoms with van der Waals surface area (Å²) in [6.07, 6.45) is 10.5. The van der Waals surface area contributed by atoms with Crippen LogP contribution in [0.4, 0.5) is 0 Å². The fourth-order valence-electron chi connectivity index (χ4n) is 10.9. The number of carbonyl (C=O) groups is 5. The third-order valence-corrected chi connectivity index (χ3v) is 16.7. The molecule has 4 rings (SSSR count). The Morgan fingerprint density at radius 2 is 1.57 bits per heavy atom. The number of hydrogen-bond donors (Lipinski definition) is 2. The lowest BCUT2D eigenvalue weighted by molar-refractivity contribution is -0.265. The Morgan fingerprint density at radius 1 is 0.861 bits per heavy atom. The van der Waals surface area contributed by atoms with Gasteiger partial charge in [0, 0.05) is 65.1 Å². The SMILES string of the molecule is CO[C@H]1C[C@@H]2CC[C@@H](C)[C@@](O)(O2)C(=O)C(=O)N2CCCCC2C(=O)OC([C@H](C)CC2CC[C@@H](OP(C)(=O)OC(C)C)[C@H](OC)C2)CC(=O)C(C)=CC(C)[C@@H](O)[C@@H](OC)C(=O)[C@H](C)C[C@H](C)C=CC=CC=C1C. The fourth-order valence-corrected chi connectivity index (χ4v) is 12.4. The average Bonchev–Trinajstić information content (AvgIpc) is 3.32. The third kappa shape index (κ3) is 16.9. The number of aliphatic hydroxyl groups is 2. The summed E-state index contributed by atoms with van der Waals surface area (Å²) < 4.78 is 54.6. The smallest absolute Gasteiger partial charge is 0.329 e. The van der Waals surface area contributed by atoms with Gasteiger partial charge in [-0.1, -0.05) is 71.1 Å². The molecule has 72 heavy (non-hydrogen) atoms. The van der Waals surface area contributed by atoms with Crippen LogP contribution in [0, 0.1) is 35.5 Å². The van der Waals surface area contributed by atoms with Crippen molar-refractivity contribution in [2.45, 2.75) is 200 Å². The fraction of sp³-hybridized carbons (Fsp3) is 0.764. The van der Waals surface area contributed by atoms with Crippen molar-refractivity contribution in [1.29, 1.82) is 0 Å². The van der Waals surface area contributed by atoms with E-state index in [2.05, 4.69) is 0 Å². The summed E-state index contributed by atoms with van der Waals surface area (Å²) >= 11 is 0. The van der Waals surface area contributed by atoms with Gasteiger partial charge in [0.05, 0.1) is 36.6 Å². The Bertz CT molecular complexity index is 2020. The van der Waals surface area contributed by atoms with Gasteiger partial charge in [0.15, 0.2) is 11.6 Å². The first-order valence-corrected chi connectivity index (χ1v) is 28.3. The number of ketones is 3. The molecule has 5 unspecified atom stereocenters. The van der Waals surface area contributed by atoms with Gasteiger partial charge in [-0.25, -0.2) is 4.79 Å². The summed E-state index contributed by atoms with van der Waals surface area (Å²) in [4.78, 5) is 72.4. The normalized spacial score (nSPS) is 36.3. The van der Waals surface area contributed by atoms with Crippen molar-refractivity contribution in [2.24, 2.45) is 35.5 Å². The molecule has 408 valence electrons. The number of carbonyl (C=O) groups excluding carboxylic acids is 5. The maximum atomic E-state index is 14.5. The molecule has 16 atom stereocenters. The highest BCUT2D eigenvalue weighted by molar-refractivity contribution is 7.53. The Hall–Kier alpha value is -3.18. The number of cyclic esters (lactones) is 1. The zero-order valence-corrected chi connectivity index (χ0v) is 46.3. The second kappa shape index (κ2) is 28.1. The van der Waals surface area contributed by atoms with E-state index in [-0.39, 0.29) is 48.9 Å². The van der Waals surface area contributed by atoms with Crippen molar-refractivity contribution >= 4 is 36.8 Å². The van der Waals surface area contributed by atoms with E-state index in [1.54, 1.807) is 54.9 Å². The minimum Gasteiger partial charge on any atom is -0.460 e. The summed E-state index contributed by atoms with van der Waals surface area (Å²) in [6, 6.07) is -1.17. The largest absolute Gasteiger partial charge is 0.460 e. The first kappa shape index (κ1) is 61.4. The van der Waals surface area contributed by atoms with E-state index < -0.39 is 103 Å². The highest BCUT2D eigenvalue weighted by Gasteiger charge is 2.53. The van der Waals surface area contributed by atoms with Gasteiger partial charge in [-0.3, -0.25) is 23.7 Å². The lowest BCUT2D eigenvalue weighted by Crippen LogP contribution is -2.61. The van der Waals surface area contributed by atoms with E-state index >= 15 is 0 Å². The lowest BCUT2D eigenvalue weighted by atomic mass is 9.78. The minimum absolute atomic E-state index is 0.00845. The molecule has 4 aliphatic rings. The average molecular weight is 1030 g/mol. The number of esters is 1. The monoisotopic (exact) mass is 1030 g/mol. The van der Waals surface area contributed by atoms with Crippen molar-refractivity contribution in [3.05, 3.63) is 47.6 Å². The molecule has 3 aliphatic heterocycles. The number of piperidine rings is 1. The molecule has 2 bridgehead atoms. The van der Waals surface area contributed by atoms with E-state index in [0.717, 1.165) is 5.57 Å². The van der Waals surface area contributed by atoms with Gasteiger partial charge < -0.3 is 47.8 Å². The van der Waals surface area contributed by atoms with Gasteiger partial charge >= 0.3 is 13.6 Å². The maximum Gasteiger partial charge on any atom is 0.329 e. The summed E-state index contributed by atoms with van der Waals surface area (Å²) in [5.74, 6) is -8.24. The molecule has 16 nitrogen and oxygen atoms in total. The maximum absolute atomic E-state index is 14.5. The molecule has 3 heterocycles. The molecule has 2 N–H and O–H groups in total. The van der Waals surface area contributed by atoms with E-state index in [1.165, 1.54) is 18.7 Å². The third-order valence-electron chi connectivity index (χ3n) is 15.2. The number of methoxy groups -OCH3 is 3. The van der Waals surface area contributed by atoms with Crippen LogP contribution in [0.25, 0.3) is 0 Å². The Morgan fingerprint density at radius 3 is 2.22 bits per heavy atom. The Kier molecular flexibility index (Phi) is 23.9. The second-order valence-electron chi connectivity index (χ2n) is 21.6. The van der Waals surface area contributed by atoms with Gasteiger partial charge in [-0.05, 0) is 121 Å².